The van der Waals surface area contributed by atoms with Crippen molar-refractivity contribution in [2.24, 2.45) is 0 Å². The summed E-state index contributed by atoms with van der Waals surface area (Å²) >= 11 is 1.67. The van der Waals surface area contributed by atoms with Crippen LogP contribution >= 0.6 is 11.3 Å². The molecule has 0 spiro atoms. The molecule has 2 rings (SSSR count). The molecule has 0 atom stereocenters. The average Bonchev–Trinajstić information content (AvgIpc) is 2.70. The van der Waals surface area contributed by atoms with Gasteiger partial charge in [0.15, 0.2) is 0 Å². The van der Waals surface area contributed by atoms with Crippen LogP contribution in [0, 0.1) is 6.92 Å². The van der Waals surface area contributed by atoms with E-state index in [9.17, 15) is 0 Å². The number of aryl methyl sites for hydroxylation is 1. The lowest BCUT2D eigenvalue weighted by Gasteiger charge is -2.08. The van der Waals surface area contributed by atoms with Crippen LogP contribution in [-0.4, -0.2) is 16.7 Å². The fourth-order valence-electron chi connectivity index (χ4n) is 1.42. The Balaban J connectivity index is 2.35. The van der Waals surface area contributed by atoms with E-state index in [4.69, 9.17) is 5.11 Å². The maximum absolute atomic E-state index is 9.13. The summed E-state index contributed by atoms with van der Waals surface area (Å²) in [7, 11) is 0. The molecule has 1 aromatic rings. The van der Waals surface area contributed by atoms with Crippen molar-refractivity contribution in [3.8, 4) is 0 Å². The van der Waals surface area contributed by atoms with Crippen LogP contribution < -0.4 is 0 Å². The second kappa shape index (κ2) is 2.29. The lowest BCUT2D eigenvalue weighted by atomic mass is 10.1. The molecule has 11 heavy (non-hydrogen) atoms. The van der Waals surface area contributed by atoms with Gasteiger partial charge in [0.1, 0.15) is 0 Å². The Morgan fingerprint density at radius 2 is 2.45 bits per heavy atom. The van der Waals surface area contributed by atoms with Crippen molar-refractivity contribution in [1.82, 2.24) is 4.98 Å². The first-order chi connectivity index (χ1) is 5.28. The molecule has 3 heteroatoms. The largest absolute Gasteiger partial charge is 0.395 e. The van der Waals surface area contributed by atoms with Crippen LogP contribution in [0.2, 0.25) is 0 Å². The second-order valence-corrected chi connectivity index (χ2v) is 4.06. The standard InChI is InChI=1S/C8H11NOS/c1-6-7(11-5-9-6)8(4-10)2-3-8/h5,10H,2-4H2,1H3. The van der Waals surface area contributed by atoms with Crippen LogP contribution in [0.3, 0.4) is 0 Å². The lowest BCUT2D eigenvalue weighted by molar-refractivity contribution is 0.256. The van der Waals surface area contributed by atoms with E-state index in [0.29, 0.717) is 0 Å². The maximum Gasteiger partial charge on any atom is 0.0797 e. The Morgan fingerprint density at radius 1 is 1.73 bits per heavy atom. The first kappa shape index (κ1) is 7.25. The van der Waals surface area contributed by atoms with E-state index in [1.54, 1.807) is 11.3 Å². The third-order valence-corrected chi connectivity index (χ3v) is 3.56. The van der Waals surface area contributed by atoms with Crippen LogP contribution in [0.4, 0.5) is 0 Å². The highest BCUT2D eigenvalue weighted by Gasteiger charge is 2.45. The predicted octanol–water partition coefficient (Wildman–Crippen LogP) is 1.48. The summed E-state index contributed by atoms with van der Waals surface area (Å²) in [4.78, 5) is 5.47. The van der Waals surface area contributed by atoms with E-state index in [2.05, 4.69) is 4.98 Å². The molecular weight excluding hydrogens is 158 g/mol. The summed E-state index contributed by atoms with van der Waals surface area (Å²) < 4.78 is 0. The summed E-state index contributed by atoms with van der Waals surface area (Å²) in [6.07, 6.45) is 2.26. The molecule has 0 saturated heterocycles. The summed E-state index contributed by atoms with van der Waals surface area (Å²) in [6.45, 7) is 2.30. The predicted molar refractivity (Wildman–Crippen MR) is 44.8 cm³/mol. The zero-order chi connectivity index (χ0) is 7.90. The fraction of sp³-hybridized carbons (Fsp3) is 0.625. The van der Waals surface area contributed by atoms with Crippen LogP contribution in [0.25, 0.3) is 0 Å². The van der Waals surface area contributed by atoms with Gasteiger partial charge in [0.2, 0.25) is 0 Å². The zero-order valence-corrected chi connectivity index (χ0v) is 7.32. The summed E-state index contributed by atoms with van der Waals surface area (Å²) in [5.41, 5.74) is 3.08. The highest BCUT2D eigenvalue weighted by Crippen LogP contribution is 2.50. The zero-order valence-electron chi connectivity index (χ0n) is 6.50. The number of rotatable bonds is 2. The third-order valence-electron chi connectivity index (χ3n) is 2.38. The van der Waals surface area contributed by atoms with Gasteiger partial charge in [0, 0.05) is 10.3 Å². The molecule has 0 aliphatic heterocycles. The highest BCUT2D eigenvalue weighted by molar-refractivity contribution is 7.10. The molecule has 1 N–H and O–H groups in total. The van der Waals surface area contributed by atoms with Crippen molar-refractivity contribution < 1.29 is 5.11 Å². The SMILES string of the molecule is Cc1ncsc1C1(CO)CC1. The van der Waals surface area contributed by atoms with E-state index in [-0.39, 0.29) is 12.0 Å². The van der Waals surface area contributed by atoms with Crippen LogP contribution in [-0.2, 0) is 5.41 Å². The van der Waals surface area contributed by atoms with Gasteiger partial charge in [-0.3, -0.25) is 0 Å². The van der Waals surface area contributed by atoms with Crippen molar-refractivity contribution in [2.75, 3.05) is 6.61 Å². The van der Waals surface area contributed by atoms with Crippen molar-refractivity contribution in [3.63, 3.8) is 0 Å². The quantitative estimate of drug-likeness (QED) is 0.727. The van der Waals surface area contributed by atoms with Gasteiger partial charge >= 0.3 is 0 Å². The Labute approximate surface area is 69.9 Å². The minimum absolute atomic E-state index is 0.116. The van der Waals surface area contributed by atoms with E-state index < -0.39 is 0 Å². The van der Waals surface area contributed by atoms with E-state index in [1.165, 1.54) is 4.88 Å². The van der Waals surface area contributed by atoms with Gasteiger partial charge in [-0.25, -0.2) is 4.98 Å². The van der Waals surface area contributed by atoms with E-state index in [0.717, 1.165) is 18.5 Å². The fourth-order valence-corrected chi connectivity index (χ4v) is 2.48. The molecule has 0 radical (unpaired) electrons. The number of aliphatic hydroxyl groups is 1. The Morgan fingerprint density at radius 3 is 2.82 bits per heavy atom. The van der Waals surface area contributed by atoms with Gasteiger partial charge in [-0.1, -0.05) is 0 Å². The minimum Gasteiger partial charge on any atom is -0.395 e. The molecule has 0 bridgehead atoms. The van der Waals surface area contributed by atoms with Gasteiger partial charge in [-0.2, -0.15) is 0 Å². The summed E-state index contributed by atoms with van der Waals surface area (Å²) in [5.74, 6) is 0. The van der Waals surface area contributed by atoms with Gasteiger partial charge < -0.3 is 5.11 Å². The summed E-state index contributed by atoms with van der Waals surface area (Å²) in [6, 6.07) is 0. The van der Waals surface area contributed by atoms with Crippen molar-refractivity contribution in [3.05, 3.63) is 16.1 Å². The van der Waals surface area contributed by atoms with Crippen LogP contribution in [0.15, 0.2) is 5.51 Å². The average molecular weight is 169 g/mol. The number of hydrogen-bond donors (Lipinski definition) is 1. The van der Waals surface area contributed by atoms with Crippen LogP contribution in [0.1, 0.15) is 23.4 Å². The molecule has 1 aromatic heterocycles. The van der Waals surface area contributed by atoms with Crippen molar-refractivity contribution in [1.29, 1.82) is 0 Å². The molecule has 0 aromatic carbocycles. The number of thiazole rings is 1. The molecule has 60 valence electrons. The molecule has 2 nitrogen and oxygen atoms in total. The number of aliphatic hydroxyl groups excluding tert-OH is 1. The van der Waals surface area contributed by atoms with Crippen LogP contribution in [0.5, 0.6) is 0 Å². The number of hydrogen-bond acceptors (Lipinski definition) is 3. The molecule has 1 fully saturated rings. The molecule has 1 saturated carbocycles. The number of nitrogens with zero attached hydrogens (tertiary/aromatic N) is 1. The molecule has 1 aliphatic rings. The van der Waals surface area contributed by atoms with Gasteiger partial charge in [0.05, 0.1) is 17.8 Å². The Bertz CT molecular complexity index is 265. The maximum atomic E-state index is 9.13. The smallest absolute Gasteiger partial charge is 0.0797 e. The monoisotopic (exact) mass is 169 g/mol. The normalized spacial score (nSPS) is 20.2. The van der Waals surface area contributed by atoms with Gasteiger partial charge in [-0.15, -0.1) is 11.3 Å². The lowest BCUT2D eigenvalue weighted by Crippen LogP contribution is -2.11. The summed E-state index contributed by atoms with van der Waals surface area (Å²) in [5, 5.41) is 9.13. The molecular formula is C8H11NOS. The minimum atomic E-state index is 0.116. The molecule has 1 heterocycles. The third kappa shape index (κ3) is 0.993. The van der Waals surface area contributed by atoms with E-state index >= 15 is 0 Å². The van der Waals surface area contributed by atoms with Crippen molar-refractivity contribution >= 4 is 11.3 Å². The molecule has 0 amide bonds. The first-order valence-corrected chi connectivity index (χ1v) is 4.68. The molecule has 1 aliphatic carbocycles. The van der Waals surface area contributed by atoms with E-state index in [1.807, 2.05) is 12.4 Å². The van der Waals surface area contributed by atoms with Crippen molar-refractivity contribution in [2.45, 2.75) is 25.2 Å². The van der Waals surface area contributed by atoms with Gasteiger partial charge in [0.25, 0.3) is 0 Å². The Hall–Kier alpha value is -0.410. The second-order valence-electron chi connectivity index (χ2n) is 3.21. The Kier molecular flexibility index (Phi) is 1.51. The molecule has 0 unspecified atom stereocenters. The first-order valence-electron chi connectivity index (χ1n) is 3.80. The number of aromatic nitrogens is 1. The van der Waals surface area contributed by atoms with Gasteiger partial charge in [-0.05, 0) is 19.8 Å². The highest BCUT2D eigenvalue weighted by atomic mass is 32.1. The topological polar surface area (TPSA) is 33.1 Å².